The van der Waals surface area contributed by atoms with Gasteiger partial charge < -0.3 is 15.1 Å². The summed E-state index contributed by atoms with van der Waals surface area (Å²) in [5.74, 6) is -0.893. The van der Waals surface area contributed by atoms with E-state index in [1.54, 1.807) is 12.1 Å². The summed E-state index contributed by atoms with van der Waals surface area (Å²) in [6.07, 6.45) is 3.04. The van der Waals surface area contributed by atoms with Crippen LogP contribution in [-0.4, -0.2) is 29.3 Å². The maximum atomic E-state index is 11.6. The van der Waals surface area contributed by atoms with Crippen molar-refractivity contribution in [2.24, 2.45) is 5.92 Å². The second-order valence-electron chi connectivity index (χ2n) is 5.30. The molecule has 4 nitrogen and oxygen atoms in total. The van der Waals surface area contributed by atoms with Gasteiger partial charge in [-0.1, -0.05) is 18.6 Å². The van der Waals surface area contributed by atoms with Gasteiger partial charge in [0.1, 0.15) is 5.75 Å². The van der Waals surface area contributed by atoms with Crippen LogP contribution >= 0.6 is 0 Å². The highest BCUT2D eigenvalue weighted by molar-refractivity contribution is 5.83. The zero-order valence-corrected chi connectivity index (χ0v) is 10.3. The predicted molar refractivity (Wildman–Crippen MR) is 68.0 cm³/mol. The number of carbonyl (C=O) groups is 1. The van der Waals surface area contributed by atoms with Gasteiger partial charge in [-0.3, -0.25) is 4.79 Å². The normalized spacial score (nSPS) is 29.8. The second-order valence-corrected chi connectivity index (χ2v) is 5.30. The molecule has 0 radical (unpaired) electrons. The lowest BCUT2D eigenvalue weighted by Gasteiger charge is -2.41. The molecule has 18 heavy (non-hydrogen) atoms. The minimum Gasteiger partial charge on any atom is -0.506 e. The first-order valence-corrected chi connectivity index (χ1v) is 6.38. The number of phenolic OH excluding ortho intramolecular Hbond substituents is 1. The number of carboxylic acids is 1. The van der Waals surface area contributed by atoms with Crippen molar-refractivity contribution in [3.8, 4) is 5.75 Å². The number of benzene rings is 1. The van der Waals surface area contributed by atoms with E-state index in [1.165, 1.54) is 0 Å². The molecule has 0 saturated heterocycles. The fourth-order valence-electron chi connectivity index (χ4n) is 3.74. The summed E-state index contributed by atoms with van der Waals surface area (Å²) in [4.78, 5) is 13.6. The number of aliphatic carboxylic acids is 1. The number of phenols is 1. The standard InChI is InChI=1S/C14H17NO3/c1-15-10-6-2-4-8(10)12(14(17)18)9-5-3-7-11(16)13(9)15/h3,5,7-8,10,12,16H,2,4,6H2,1H3,(H,17,18). The van der Waals surface area contributed by atoms with Crippen molar-refractivity contribution in [2.45, 2.75) is 31.2 Å². The van der Waals surface area contributed by atoms with Gasteiger partial charge in [0.25, 0.3) is 0 Å². The van der Waals surface area contributed by atoms with Crippen molar-refractivity contribution in [2.75, 3.05) is 11.9 Å². The van der Waals surface area contributed by atoms with E-state index in [-0.39, 0.29) is 17.7 Å². The lowest BCUT2D eigenvalue weighted by Crippen LogP contribution is -2.44. The number of anilines is 1. The molecule has 1 aliphatic carbocycles. The van der Waals surface area contributed by atoms with Crippen molar-refractivity contribution in [3.63, 3.8) is 0 Å². The van der Waals surface area contributed by atoms with Crippen molar-refractivity contribution < 1.29 is 15.0 Å². The number of aromatic hydroxyl groups is 1. The van der Waals surface area contributed by atoms with E-state index >= 15 is 0 Å². The highest BCUT2D eigenvalue weighted by atomic mass is 16.4. The van der Waals surface area contributed by atoms with Crippen LogP contribution in [0.5, 0.6) is 5.75 Å². The molecule has 0 amide bonds. The van der Waals surface area contributed by atoms with Gasteiger partial charge >= 0.3 is 5.97 Å². The first-order chi connectivity index (χ1) is 8.61. The van der Waals surface area contributed by atoms with Crippen LogP contribution in [0.25, 0.3) is 0 Å². The molecule has 1 aromatic rings. The van der Waals surface area contributed by atoms with Gasteiger partial charge in [-0.25, -0.2) is 0 Å². The number of nitrogens with zero attached hydrogens (tertiary/aromatic N) is 1. The number of para-hydroxylation sites is 1. The topological polar surface area (TPSA) is 60.8 Å². The van der Waals surface area contributed by atoms with E-state index < -0.39 is 11.9 Å². The third-order valence-corrected chi connectivity index (χ3v) is 4.46. The van der Waals surface area contributed by atoms with Gasteiger partial charge in [0.2, 0.25) is 0 Å². The average Bonchev–Trinajstić information content (AvgIpc) is 2.77. The molecule has 0 bridgehead atoms. The highest BCUT2D eigenvalue weighted by Crippen LogP contribution is 2.50. The minimum atomic E-state index is -0.771. The fraction of sp³-hybridized carbons (Fsp3) is 0.500. The molecule has 1 aromatic carbocycles. The molecular formula is C14H17NO3. The average molecular weight is 247 g/mol. The molecule has 1 aliphatic heterocycles. The van der Waals surface area contributed by atoms with Crippen LogP contribution in [0.1, 0.15) is 30.7 Å². The van der Waals surface area contributed by atoms with Crippen LogP contribution in [0.3, 0.4) is 0 Å². The lowest BCUT2D eigenvalue weighted by molar-refractivity contribution is -0.140. The van der Waals surface area contributed by atoms with E-state index in [1.807, 2.05) is 13.1 Å². The van der Waals surface area contributed by atoms with Crippen LogP contribution in [0.4, 0.5) is 5.69 Å². The van der Waals surface area contributed by atoms with Gasteiger partial charge in [0.15, 0.2) is 0 Å². The Hall–Kier alpha value is -1.71. The summed E-state index contributed by atoms with van der Waals surface area (Å²) in [6.45, 7) is 0. The second kappa shape index (κ2) is 3.90. The van der Waals surface area contributed by atoms with Crippen LogP contribution in [0, 0.1) is 5.92 Å². The molecule has 2 aliphatic rings. The fourth-order valence-corrected chi connectivity index (χ4v) is 3.74. The van der Waals surface area contributed by atoms with E-state index in [0.29, 0.717) is 5.69 Å². The van der Waals surface area contributed by atoms with E-state index in [2.05, 4.69) is 4.90 Å². The Balaban J connectivity index is 2.19. The molecule has 3 unspecified atom stereocenters. The van der Waals surface area contributed by atoms with Crippen LogP contribution < -0.4 is 4.90 Å². The number of rotatable bonds is 1. The quantitative estimate of drug-likeness (QED) is 0.798. The molecule has 1 fully saturated rings. The zero-order chi connectivity index (χ0) is 12.9. The Morgan fingerprint density at radius 2 is 2.17 bits per heavy atom. The summed E-state index contributed by atoms with van der Waals surface area (Å²) in [5, 5.41) is 19.5. The van der Waals surface area contributed by atoms with E-state index in [9.17, 15) is 15.0 Å². The summed E-state index contributed by atoms with van der Waals surface area (Å²) >= 11 is 0. The predicted octanol–water partition coefficient (Wildman–Crippen LogP) is 2.18. The maximum Gasteiger partial charge on any atom is 0.311 e. The zero-order valence-electron chi connectivity index (χ0n) is 10.3. The maximum absolute atomic E-state index is 11.6. The molecular weight excluding hydrogens is 230 g/mol. The summed E-state index contributed by atoms with van der Waals surface area (Å²) in [6, 6.07) is 5.43. The van der Waals surface area contributed by atoms with Crippen molar-refractivity contribution >= 4 is 11.7 Å². The summed E-state index contributed by atoms with van der Waals surface area (Å²) < 4.78 is 0. The summed E-state index contributed by atoms with van der Waals surface area (Å²) in [5.41, 5.74) is 1.46. The number of hydrogen-bond acceptors (Lipinski definition) is 3. The largest absolute Gasteiger partial charge is 0.506 e. The van der Waals surface area contributed by atoms with E-state index in [4.69, 9.17) is 0 Å². The van der Waals surface area contributed by atoms with Gasteiger partial charge in [0, 0.05) is 13.1 Å². The Morgan fingerprint density at radius 1 is 1.39 bits per heavy atom. The molecule has 0 aromatic heterocycles. The van der Waals surface area contributed by atoms with Crippen LogP contribution in [0.15, 0.2) is 18.2 Å². The van der Waals surface area contributed by atoms with E-state index in [0.717, 1.165) is 24.8 Å². The Morgan fingerprint density at radius 3 is 2.89 bits per heavy atom. The third-order valence-electron chi connectivity index (χ3n) is 4.46. The van der Waals surface area contributed by atoms with Crippen molar-refractivity contribution in [3.05, 3.63) is 23.8 Å². The molecule has 4 heteroatoms. The Labute approximate surface area is 106 Å². The smallest absolute Gasteiger partial charge is 0.311 e. The lowest BCUT2D eigenvalue weighted by atomic mass is 9.77. The molecule has 2 N–H and O–H groups in total. The monoisotopic (exact) mass is 247 g/mol. The Kier molecular flexibility index (Phi) is 2.47. The molecule has 1 heterocycles. The molecule has 1 saturated carbocycles. The Bertz CT molecular complexity index is 500. The van der Waals surface area contributed by atoms with Crippen molar-refractivity contribution in [1.82, 2.24) is 0 Å². The van der Waals surface area contributed by atoms with Gasteiger partial charge in [-0.15, -0.1) is 0 Å². The molecule has 3 rings (SSSR count). The minimum absolute atomic E-state index is 0.168. The third kappa shape index (κ3) is 1.41. The van der Waals surface area contributed by atoms with Crippen LogP contribution in [0.2, 0.25) is 0 Å². The first-order valence-electron chi connectivity index (χ1n) is 6.38. The summed E-state index contributed by atoms with van der Waals surface area (Å²) in [7, 11) is 1.96. The molecule has 96 valence electrons. The molecule has 0 spiro atoms. The number of carboxylic acid groups (broad SMARTS) is 1. The van der Waals surface area contributed by atoms with Crippen LogP contribution in [-0.2, 0) is 4.79 Å². The van der Waals surface area contributed by atoms with Crippen molar-refractivity contribution in [1.29, 1.82) is 0 Å². The van der Waals surface area contributed by atoms with Gasteiger partial charge in [-0.05, 0) is 30.4 Å². The highest BCUT2D eigenvalue weighted by Gasteiger charge is 2.46. The first kappa shape index (κ1) is 11.4. The molecule has 3 atom stereocenters. The van der Waals surface area contributed by atoms with Gasteiger partial charge in [0.05, 0.1) is 11.6 Å². The number of fused-ring (bicyclic) bond motifs is 2. The van der Waals surface area contributed by atoms with Gasteiger partial charge in [-0.2, -0.15) is 0 Å². The number of hydrogen-bond donors (Lipinski definition) is 2. The SMILES string of the molecule is CN1c2c(O)cccc2C(C(=O)O)C2CCCC21.